The zero-order chi connectivity index (χ0) is 98.7. The summed E-state index contributed by atoms with van der Waals surface area (Å²) in [6.45, 7) is 15.0. The number of esters is 3. The van der Waals surface area contributed by atoms with Gasteiger partial charge in [-0.25, -0.2) is 44.3 Å². The Kier molecular flexibility index (Phi) is 41.2. The molecular formula is C102H123N21O15. The topological polar surface area (TPSA) is 455 Å². The lowest BCUT2D eigenvalue weighted by atomic mass is 10.1. The minimum absolute atomic E-state index is 0.0340. The fraction of sp³-hybridized carbons (Fsp3) is 0.353. The van der Waals surface area contributed by atoms with E-state index in [4.69, 9.17) is 59.6 Å². The number of carbonyl (C=O) groups is 9. The summed E-state index contributed by atoms with van der Waals surface area (Å²) in [6, 6.07) is 53.2. The first-order chi connectivity index (χ1) is 66.9. The molecule has 6 amide bonds. The van der Waals surface area contributed by atoms with Crippen LogP contribution >= 0.6 is 0 Å². The van der Waals surface area contributed by atoms with Gasteiger partial charge < -0.3 is 58.1 Å². The fourth-order valence-corrected chi connectivity index (χ4v) is 14.4. The highest BCUT2D eigenvalue weighted by Gasteiger charge is 2.27. The van der Waals surface area contributed by atoms with Crippen molar-refractivity contribution in [2.45, 2.75) is 157 Å². The fourth-order valence-electron chi connectivity index (χ4n) is 14.4. The standard InChI is InChI=1S/3C34H41N7O5/c3*1-4-6-7-10-21-46-34(44)39-32(35)24-12-15-26(16-13-24)37-23-30-38-27-22-25(14-17-28(27)40(30)3)33(43)41(20-18-31(42)45-5-2)29-11-8-9-19-36-29/h3*8-9,11-17,19,22,37H,4-7,10,18,20-21,23H2,1-3H3,(H2,35,39,44). The van der Waals surface area contributed by atoms with E-state index >= 15 is 0 Å². The molecule has 0 aliphatic heterocycles. The number of nitrogens with one attached hydrogen (secondary N) is 9. The van der Waals surface area contributed by atoms with Crippen LogP contribution in [-0.2, 0) is 83.6 Å². The third-order valence-corrected chi connectivity index (χ3v) is 22.0. The summed E-state index contributed by atoms with van der Waals surface area (Å²) in [7, 11) is 5.73. The summed E-state index contributed by atoms with van der Waals surface area (Å²) in [6.07, 6.45) is 15.1. The number of amidine groups is 3. The highest BCUT2D eigenvalue weighted by Crippen LogP contribution is 2.28. The van der Waals surface area contributed by atoms with Crippen LogP contribution in [0.4, 0.5) is 48.9 Å². The highest BCUT2D eigenvalue weighted by atomic mass is 16.6. The van der Waals surface area contributed by atoms with Crippen LogP contribution in [0.1, 0.15) is 203 Å². The van der Waals surface area contributed by atoms with Crippen molar-refractivity contribution >= 4 is 139 Å². The molecule has 0 aliphatic carbocycles. The molecule has 138 heavy (non-hydrogen) atoms. The number of hydrogen-bond donors (Lipinski definition) is 9. The minimum Gasteiger partial charge on any atom is -0.466 e. The molecule has 6 heterocycles. The van der Waals surface area contributed by atoms with Crippen LogP contribution in [0.2, 0.25) is 0 Å². The van der Waals surface area contributed by atoms with Crippen LogP contribution in [0.3, 0.4) is 0 Å². The number of hydrogen-bond acceptors (Lipinski definition) is 27. The molecule has 0 aliphatic rings. The monoisotopic (exact) mass is 1880 g/mol. The van der Waals surface area contributed by atoms with Crippen molar-refractivity contribution in [3.8, 4) is 0 Å². The number of unbranched alkanes of at least 4 members (excludes halogenated alkanes) is 9. The second kappa shape index (κ2) is 54.5. The van der Waals surface area contributed by atoms with Crippen LogP contribution in [0.15, 0.2) is 201 Å². The predicted octanol–water partition coefficient (Wildman–Crippen LogP) is 17.4. The number of benzene rings is 6. The second-order valence-electron chi connectivity index (χ2n) is 31.9. The van der Waals surface area contributed by atoms with E-state index < -0.39 is 18.3 Å². The maximum atomic E-state index is 13.6. The molecule has 0 fully saturated rings. The highest BCUT2D eigenvalue weighted by molar-refractivity contribution is 6.10. The van der Waals surface area contributed by atoms with Crippen LogP contribution in [0.5, 0.6) is 0 Å². The molecule has 9 N–H and O–H groups in total. The molecule has 0 bridgehead atoms. The van der Waals surface area contributed by atoms with Crippen molar-refractivity contribution in [3.63, 3.8) is 0 Å². The Hall–Kier alpha value is -15.8. The number of anilines is 6. The van der Waals surface area contributed by atoms with Gasteiger partial charge in [-0.15, -0.1) is 0 Å². The van der Waals surface area contributed by atoms with E-state index in [1.54, 1.807) is 167 Å². The average molecular weight is 1880 g/mol. The molecule has 0 saturated heterocycles. The van der Waals surface area contributed by atoms with Gasteiger partial charge in [0, 0.05) is 110 Å². The normalized spacial score (nSPS) is 10.8. The van der Waals surface area contributed by atoms with Crippen molar-refractivity contribution in [2.75, 3.05) is 89.9 Å². The first kappa shape index (κ1) is 104. The summed E-state index contributed by atoms with van der Waals surface area (Å²) < 4.78 is 36.5. The molecule has 0 unspecified atom stereocenters. The Bertz CT molecular complexity index is 5490. The zero-order valence-corrected chi connectivity index (χ0v) is 79.6. The van der Waals surface area contributed by atoms with Gasteiger partial charge in [-0.2, -0.15) is 0 Å². The van der Waals surface area contributed by atoms with Gasteiger partial charge >= 0.3 is 36.2 Å². The number of rotatable bonds is 45. The quantitative estimate of drug-likeness (QED) is 0.00563. The number of alkyl carbamates (subject to hydrolysis) is 3. The van der Waals surface area contributed by atoms with Gasteiger partial charge in [-0.1, -0.05) is 96.8 Å². The lowest BCUT2D eigenvalue weighted by Gasteiger charge is -2.21. The van der Waals surface area contributed by atoms with E-state index in [0.29, 0.717) is 107 Å². The Balaban J connectivity index is 0.000000214. The van der Waals surface area contributed by atoms with Crippen molar-refractivity contribution < 1.29 is 71.6 Å². The number of imidazole rings is 3. The van der Waals surface area contributed by atoms with Crippen molar-refractivity contribution in [3.05, 3.63) is 251 Å². The molecular weight excluding hydrogens is 1760 g/mol. The Labute approximate surface area is 802 Å². The van der Waals surface area contributed by atoms with Crippen LogP contribution in [0, 0.1) is 16.2 Å². The molecule has 0 atom stereocenters. The number of aryl methyl sites for hydroxylation is 3. The number of carbonyl (C=O) groups excluding carboxylic acids is 9. The smallest absolute Gasteiger partial charge is 0.412 e. The number of aromatic nitrogens is 9. The first-order valence-electron chi connectivity index (χ1n) is 46.5. The summed E-state index contributed by atoms with van der Waals surface area (Å²) in [5.41, 5.74) is 9.90. The molecule has 36 nitrogen and oxygen atoms in total. The van der Waals surface area contributed by atoms with Gasteiger partial charge in [0.2, 0.25) is 0 Å². The van der Waals surface area contributed by atoms with Gasteiger partial charge in [0.25, 0.3) is 17.7 Å². The molecule has 12 aromatic rings. The van der Waals surface area contributed by atoms with Gasteiger partial charge in [-0.05, 0) is 204 Å². The largest absolute Gasteiger partial charge is 0.466 e. The molecule has 726 valence electrons. The summed E-state index contributed by atoms with van der Waals surface area (Å²) in [4.78, 5) is 145. The molecule has 0 radical (unpaired) electrons. The lowest BCUT2D eigenvalue weighted by molar-refractivity contribution is -0.143. The number of ether oxygens (including phenoxy) is 6. The zero-order valence-electron chi connectivity index (χ0n) is 79.6. The molecule has 12 rings (SSSR count). The minimum atomic E-state index is -0.628. The van der Waals surface area contributed by atoms with Gasteiger partial charge in [-0.3, -0.25) is 75.6 Å². The van der Waals surface area contributed by atoms with Crippen molar-refractivity contribution in [2.24, 2.45) is 21.1 Å². The van der Waals surface area contributed by atoms with Crippen LogP contribution in [0.25, 0.3) is 33.1 Å². The maximum Gasteiger partial charge on any atom is 0.412 e. The molecule has 0 saturated carbocycles. The van der Waals surface area contributed by atoms with Crippen molar-refractivity contribution in [1.82, 2.24) is 59.6 Å². The molecule has 36 heteroatoms. The van der Waals surface area contributed by atoms with E-state index in [9.17, 15) is 43.2 Å². The van der Waals surface area contributed by atoms with Gasteiger partial charge in [0.05, 0.1) is 112 Å². The molecule has 6 aromatic carbocycles. The number of amides is 6. The number of fused-ring (bicyclic) bond motifs is 3. The SMILES string of the molecule is CCCCCCOC(=O)NC(=N)c1ccc(NCc2nc3cc(C(=O)N(CCC(=O)OCC)c4ccccn4)ccc3n2C)cc1.CCCCCCOC(=O)NC(=N)c1ccc(NCc2nc3cc(C(=O)N(CCC(=O)OCC)c4ccccn4)ccc3n2C)cc1.CCCCCCOC(=O)NC(=N)c1ccc(NCc2nc3cc(C(=O)N(CCC(=O)OCC)c4ccccn4)ccc3n2C)cc1. The van der Waals surface area contributed by atoms with E-state index in [1.807, 2.05) is 89.4 Å². The molecule has 0 spiro atoms. The maximum absolute atomic E-state index is 13.6. The number of pyridine rings is 3. The van der Waals surface area contributed by atoms with E-state index in [1.165, 1.54) is 14.7 Å². The van der Waals surface area contributed by atoms with E-state index in [2.05, 4.69) is 67.6 Å². The average Bonchev–Trinajstić information content (AvgIpc) is 1.63. The van der Waals surface area contributed by atoms with E-state index in [0.717, 1.165) is 128 Å². The van der Waals surface area contributed by atoms with Crippen LogP contribution < -0.4 is 46.6 Å². The Morgan fingerprint density at radius 2 is 0.580 bits per heavy atom. The third-order valence-electron chi connectivity index (χ3n) is 22.0. The second-order valence-corrected chi connectivity index (χ2v) is 31.9. The van der Waals surface area contributed by atoms with Gasteiger partial charge in [0.15, 0.2) is 0 Å². The number of nitrogens with zero attached hydrogens (tertiary/aromatic N) is 12. The Morgan fingerprint density at radius 3 is 0.819 bits per heavy atom. The van der Waals surface area contributed by atoms with Crippen LogP contribution in [-0.4, -0.2) is 174 Å². The third kappa shape index (κ3) is 31.4. The summed E-state index contributed by atoms with van der Waals surface area (Å²) in [5.74, 6) is 1.45. The Morgan fingerprint density at radius 1 is 0.319 bits per heavy atom. The lowest BCUT2D eigenvalue weighted by Crippen LogP contribution is -2.34. The van der Waals surface area contributed by atoms with Gasteiger partial charge in [0.1, 0.15) is 52.4 Å². The summed E-state index contributed by atoms with van der Waals surface area (Å²) >= 11 is 0. The van der Waals surface area contributed by atoms with E-state index in [-0.39, 0.29) is 112 Å². The first-order valence-corrected chi connectivity index (χ1v) is 46.5. The molecule has 6 aromatic heterocycles. The van der Waals surface area contributed by atoms with Crippen molar-refractivity contribution in [1.29, 1.82) is 16.2 Å². The predicted molar refractivity (Wildman–Crippen MR) is 531 cm³/mol. The summed E-state index contributed by atoms with van der Waals surface area (Å²) in [5, 5.41) is 42.0.